The molecule has 0 saturated carbocycles. The minimum absolute atomic E-state index is 0.0244. The molecule has 0 fully saturated rings. The molecule has 1 heterocycles. The smallest absolute Gasteiger partial charge is 0.224 e. The van der Waals surface area contributed by atoms with Crippen LogP contribution in [-0.4, -0.2) is 33.2 Å². The molecule has 0 aliphatic rings. The average Bonchev–Trinajstić information content (AvgIpc) is 3.15. The van der Waals surface area contributed by atoms with Crippen LogP contribution in [0.5, 0.6) is 5.75 Å². The largest absolute Gasteiger partial charge is 0.496 e. The Morgan fingerprint density at radius 1 is 1.16 bits per heavy atom. The normalized spacial score (nSPS) is 10.5. The number of carbonyl (C=O) groups excluding carboxylic acids is 1. The molecule has 1 amide bonds. The Balaban J connectivity index is 1.55. The fourth-order valence-electron chi connectivity index (χ4n) is 2.55. The van der Waals surface area contributed by atoms with E-state index in [2.05, 4.69) is 20.8 Å². The van der Waals surface area contributed by atoms with Gasteiger partial charge in [-0.25, -0.2) is 4.68 Å². The average molecular weight is 337 g/mol. The zero-order valence-electron chi connectivity index (χ0n) is 14.1. The Bertz CT molecular complexity index is 844. The molecule has 3 aromatic rings. The van der Waals surface area contributed by atoms with Crippen molar-refractivity contribution in [3.63, 3.8) is 0 Å². The predicted octanol–water partition coefficient (Wildman–Crippen LogP) is 1.84. The lowest BCUT2D eigenvalue weighted by Gasteiger charge is -2.09. The topological polar surface area (TPSA) is 81.9 Å². The molecular weight excluding hydrogens is 318 g/mol. The lowest BCUT2D eigenvalue weighted by atomic mass is 10.1. The van der Waals surface area contributed by atoms with Crippen molar-refractivity contribution in [1.29, 1.82) is 0 Å². The monoisotopic (exact) mass is 337 g/mol. The summed E-state index contributed by atoms with van der Waals surface area (Å²) in [5.41, 5.74) is 3.87. The number of hydrogen-bond donors (Lipinski definition) is 1. The summed E-state index contributed by atoms with van der Waals surface area (Å²) in [6.07, 6.45) is 1.85. The number of benzene rings is 2. The van der Waals surface area contributed by atoms with E-state index >= 15 is 0 Å². The number of carbonyl (C=O) groups is 1. The van der Waals surface area contributed by atoms with Crippen LogP contribution in [0.3, 0.4) is 0 Å². The van der Waals surface area contributed by atoms with Crippen LogP contribution in [-0.2, 0) is 17.8 Å². The number of methoxy groups -OCH3 is 1. The van der Waals surface area contributed by atoms with Gasteiger partial charge in [-0.1, -0.05) is 24.3 Å². The maximum Gasteiger partial charge on any atom is 0.224 e. The summed E-state index contributed by atoms with van der Waals surface area (Å²) in [5.74, 6) is 0.821. The molecule has 1 aromatic heterocycles. The summed E-state index contributed by atoms with van der Waals surface area (Å²) in [6.45, 7) is 2.47. The van der Waals surface area contributed by atoms with Gasteiger partial charge < -0.3 is 10.1 Å². The van der Waals surface area contributed by atoms with E-state index < -0.39 is 0 Å². The number of ether oxygens (including phenoxy) is 1. The fraction of sp³-hybridized carbons (Fsp3) is 0.222. The number of nitrogens with one attached hydrogen (secondary N) is 1. The summed E-state index contributed by atoms with van der Waals surface area (Å²) < 4.78 is 6.80. The van der Waals surface area contributed by atoms with E-state index in [0.29, 0.717) is 13.0 Å². The van der Waals surface area contributed by atoms with Crippen molar-refractivity contribution < 1.29 is 9.53 Å². The first kappa shape index (κ1) is 16.6. The van der Waals surface area contributed by atoms with Gasteiger partial charge in [0.1, 0.15) is 12.1 Å². The number of hydrogen-bond acceptors (Lipinski definition) is 5. The summed E-state index contributed by atoms with van der Waals surface area (Å²) in [4.78, 5) is 12.1. The Hall–Kier alpha value is -3.22. The van der Waals surface area contributed by atoms with E-state index in [0.717, 1.165) is 28.1 Å². The van der Waals surface area contributed by atoms with Gasteiger partial charge in [0.25, 0.3) is 0 Å². The van der Waals surface area contributed by atoms with Crippen molar-refractivity contribution in [2.24, 2.45) is 0 Å². The van der Waals surface area contributed by atoms with Gasteiger partial charge in [0.15, 0.2) is 0 Å². The van der Waals surface area contributed by atoms with Crippen LogP contribution >= 0.6 is 0 Å². The van der Waals surface area contributed by atoms with Crippen LogP contribution in [0, 0.1) is 6.92 Å². The van der Waals surface area contributed by atoms with E-state index in [-0.39, 0.29) is 5.91 Å². The molecule has 2 aromatic carbocycles. The highest BCUT2D eigenvalue weighted by Crippen LogP contribution is 2.18. The first-order valence-corrected chi connectivity index (χ1v) is 7.88. The zero-order valence-corrected chi connectivity index (χ0v) is 14.1. The van der Waals surface area contributed by atoms with E-state index in [1.165, 1.54) is 6.33 Å². The summed E-state index contributed by atoms with van der Waals surface area (Å²) in [5, 5.41) is 14.0. The van der Waals surface area contributed by atoms with Gasteiger partial charge in [-0.3, -0.25) is 4.79 Å². The highest BCUT2D eigenvalue weighted by atomic mass is 16.5. The number of aryl methyl sites for hydroxylation is 1. The molecule has 0 unspecified atom stereocenters. The molecule has 0 atom stereocenters. The molecule has 0 radical (unpaired) electrons. The summed E-state index contributed by atoms with van der Waals surface area (Å²) in [6, 6.07) is 13.4. The van der Waals surface area contributed by atoms with Crippen molar-refractivity contribution in [3.05, 3.63) is 65.5 Å². The maximum atomic E-state index is 12.1. The standard InChI is InChI=1S/C18H19N5O2/c1-13-9-15(5-8-17(13)25-2)11-19-18(24)10-14-3-6-16(7-4-14)23-12-20-21-22-23/h3-9,12H,10-11H2,1-2H3,(H,19,24). The summed E-state index contributed by atoms with van der Waals surface area (Å²) in [7, 11) is 1.65. The van der Waals surface area contributed by atoms with Crippen LogP contribution in [0.25, 0.3) is 5.69 Å². The molecule has 1 N–H and O–H groups in total. The molecule has 0 aliphatic carbocycles. The van der Waals surface area contributed by atoms with Gasteiger partial charge in [0, 0.05) is 6.54 Å². The van der Waals surface area contributed by atoms with Crippen LogP contribution in [0.15, 0.2) is 48.8 Å². The Kier molecular flexibility index (Phi) is 5.03. The molecular formula is C18H19N5O2. The number of aromatic nitrogens is 4. The van der Waals surface area contributed by atoms with Crippen LogP contribution < -0.4 is 10.1 Å². The number of tetrazole rings is 1. The maximum absolute atomic E-state index is 12.1. The zero-order chi connectivity index (χ0) is 17.6. The second-order valence-electron chi connectivity index (χ2n) is 5.68. The van der Waals surface area contributed by atoms with Gasteiger partial charge in [0.2, 0.25) is 5.91 Å². The Morgan fingerprint density at radius 3 is 2.56 bits per heavy atom. The molecule has 3 rings (SSSR count). The molecule has 0 spiro atoms. The molecule has 0 saturated heterocycles. The predicted molar refractivity (Wildman–Crippen MR) is 92.4 cm³/mol. The van der Waals surface area contributed by atoms with Crippen LogP contribution in [0.1, 0.15) is 16.7 Å². The lowest BCUT2D eigenvalue weighted by molar-refractivity contribution is -0.120. The number of amides is 1. The van der Waals surface area contributed by atoms with E-state index in [9.17, 15) is 4.79 Å². The van der Waals surface area contributed by atoms with Crippen LogP contribution in [0.2, 0.25) is 0 Å². The van der Waals surface area contributed by atoms with Gasteiger partial charge in [-0.15, -0.1) is 5.10 Å². The molecule has 0 aliphatic heterocycles. The Morgan fingerprint density at radius 2 is 1.92 bits per heavy atom. The fourth-order valence-corrected chi connectivity index (χ4v) is 2.55. The second kappa shape index (κ2) is 7.57. The quantitative estimate of drug-likeness (QED) is 0.742. The molecule has 7 heteroatoms. The Labute approximate surface area is 145 Å². The first-order chi connectivity index (χ1) is 12.2. The first-order valence-electron chi connectivity index (χ1n) is 7.88. The van der Waals surface area contributed by atoms with Gasteiger partial charge >= 0.3 is 0 Å². The van der Waals surface area contributed by atoms with Crippen molar-refractivity contribution in [2.75, 3.05) is 7.11 Å². The van der Waals surface area contributed by atoms with Gasteiger partial charge in [0.05, 0.1) is 19.2 Å². The molecule has 0 bridgehead atoms. The van der Waals surface area contributed by atoms with E-state index in [1.807, 2.05) is 49.4 Å². The third-order valence-electron chi connectivity index (χ3n) is 3.86. The number of nitrogens with zero attached hydrogens (tertiary/aromatic N) is 4. The molecule has 25 heavy (non-hydrogen) atoms. The molecule has 7 nitrogen and oxygen atoms in total. The second-order valence-corrected chi connectivity index (χ2v) is 5.68. The van der Waals surface area contributed by atoms with Gasteiger partial charge in [-0.2, -0.15) is 0 Å². The summed E-state index contributed by atoms with van der Waals surface area (Å²) >= 11 is 0. The lowest BCUT2D eigenvalue weighted by Crippen LogP contribution is -2.24. The van der Waals surface area contributed by atoms with Crippen molar-refractivity contribution in [2.45, 2.75) is 19.9 Å². The van der Waals surface area contributed by atoms with E-state index in [4.69, 9.17) is 4.74 Å². The highest BCUT2D eigenvalue weighted by Gasteiger charge is 2.06. The van der Waals surface area contributed by atoms with Gasteiger partial charge in [-0.05, 0) is 52.2 Å². The molecule has 128 valence electrons. The van der Waals surface area contributed by atoms with Crippen LogP contribution in [0.4, 0.5) is 0 Å². The van der Waals surface area contributed by atoms with Crippen molar-refractivity contribution >= 4 is 5.91 Å². The third kappa shape index (κ3) is 4.20. The third-order valence-corrected chi connectivity index (χ3v) is 3.86. The number of rotatable bonds is 6. The van der Waals surface area contributed by atoms with E-state index in [1.54, 1.807) is 11.8 Å². The van der Waals surface area contributed by atoms with Crippen molar-refractivity contribution in [1.82, 2.24) is 25.5 Å². The SMILES string of the molecule is COc1ccc(CNC(=O)Cc2ccc(-n3cnnn3)cc2)cc1C. The minimum atomic E-state index is -0.0244. The minimum Gasteiger partial charge on any atom is -0.496 e. The highest BCUT2D eigenvalue weighted by molar-refractivity contribution is 5.78. The van der Waals surface area contributed by atoms with Crippen molar-refractivity contribution in [3.8, 4) is 11.4 Å².